The van der Waals surface area contributed by atoms with Gasteiger partial charge in [-0.15, -0.1) is 22.7 Å². The van der Waals surface area contributed by atoms with Gasteiger partial charge in [-0.05, 0) is 32.6 Å². The third kappa shape index (κ3) is 2.99. The number of likely N-dealkylation sites (tertiary alicyclic amines) is 1. The summed E-state index contributed by atoms with van der Waals surface area (Å²) < 4.78 is 0. The van der Waals surface area contributed by atoms with E-state index in [1.54, 1.807) is 11.3 Å². The fourth-order valence-electron chi connectivity index (χ4n) is 3.25. The smallest absolute Gasteiger partial charge is 0.316 e. The predicted molar refractivity (Wildman–Crippen MR) is 93.3 cm³/mol. The normalized spacial score (nSPS) is 21.4. The van der Waals surface area contributed by atoms with Gasteiger partial charge in [-0.2, -0.15) is 0 Å². The molecule has 1 aliphatic carbocycles. The number of amides is 2. The fourth-order valence-corrected chi connectivity index (χ4v) is 4.69. The number of hydrogen-bond acceptors (Lipinski definition) is 5. The number of thiazole rings is 2. The summed E-state index contributed by atoms with van der Waals surface area (Å²) in [7, 11) is 0. The first-order valence-electron chi connectivity index (χ1n) is 8.16. The lowest BCUT2D eigenvalue weighted by Crippen LogP contribution is -2.34. The van der Waals surface area contributed by atoms with E-state index < -0.39 is 0 Å². The highest BCUT2D eigenvalue weighted by atomic mass is 32.1. The van der Waals surface area contributed by atoms with Gasteiger partial charge in [0.05, 0.1) is 22.4 Å². The van der Waals surface area contributed by atoms with Crippen molar-refractivity contribution in [1.29, 1.82) is 0 Å². The summed E-state index contributed by atoms with van der Waals surface area (Å²) >= 11 is 3.18. The predicted octanol–water partition coefficient (Wildman–Crippen LogP) is 4.54. The lowest BCUT2D eigenvalue weighted by Gasteiger charge is -2.24. The Hall–Kier alpha value is -1.47. The molecule has 1 saturated carbocycles. The number of carbonyl (C=O) groups is 1. The van der Waals surface area contributed by atoms with Crippen molar-refractivity contribution in [3.05, 3.63) is 27.2 Å². The van der Waals surface area contributed by atoms with E-state index >= 15 is 0 Å². The molecule has 2 fully saturated rings. The minimum Gasteiger partial charge on any atom is -0.316 e. The Morgan fingerprint density at radius 3 is 2.70 bits per heavy atom. The number of rotatable bonds is 3. The van der Waals surface area contributed by atoms with Crippen molar-refractivity contribution >= 4 is 33.8 Å². The zero-order chi connectivity index (χ0) is 15.8. The van der Waals surface area contributed by atoms with Crippen molar-refractivity contribution in [1.82, 2.24) is 14.9 Å². The van der Waals surface area contributed by atoms with E-state index in [-0.39, 0.29) is 12.1 Å². The van der Waals surface area contributed by atoms with Crippen LogP contribution in [0.15, 0.2) is 10.8 Å². The fraction of sp³-hybridized carbons (Fsp3) is 0.562. The Morgan fingerprint density at radius 1 is 1.17 bits per heavy atom. The number of aryl methyl sites for hydroxylation is 1. The standard InChI is InChI=1S/C16H20N4OS2/c1-10-17-13(9-22-10)14-6-3-7-20(14)16(21)19-15-18-12(8-23-15)11-4-2-5-11/h8-9,11,14H,2-7H2,1H3,(H,18,19,21)/t14-/m0/s1. The van der Waals surface area contributed by atoms with Gasteiger partial charge in [-0.1, -0.05) is 6.42 Å². The van der Waals surface area contributed by atoms with Crippen molar-refractivity contribution in [2.75, 3.05) is 11.9 Å². The van der Waals surface area contributed by atoms with Gasteiger partial charge in [0.15, 0.2) is 5.13 Å². The SMILES string of the molecule is Cc1nc([C@@H]2CCCN2C(=O)Nc2nc(C3CCC3)cs2)cs1. The zero-order valence-electron chi connectivity index (χ0n) is 13.1. The monoisotopic (exact) mass is 348 g/mol. The van der Waals surface area contributed by atoms with Gasteiger partial charge < -0.3 is 4.90 Å². The largest absolute Gasteiger partial charge is 0.324 e. The van der Waals surface area contributed by atoms with Gasteiger partial charge in [0.1, 0.15) is 0 Å². The number of hydrogen-bond donors (Lipinski definition) is 1. The molecule has 2 aromatic rings. The topological polar surface area (TPSA) is 58.1 Å². The number of carbonyl (C=O) groups excluding carboxylic acids is 1. The van der Waals surface area contributed by atoms with Crippen LogP contribution in [0.1, 0.15) is 60.5 Å². The second-order valence-electron chi connectivity index (χ2n) is 6.28. The van der Waals surface area contributed by atoms with Crippen molar-refractivity contribution in [2.24, 2.45) is 0 Å². The van der Waals surface area contributed by atoms with E-state index in [0.29, 0.717) is 5.92 Å². The van der Waals surface area contributed by atoms with Crippen molar-refractivity contribution in [3.8, 4) is 0 Å². The third-order valence-electron chi connectivity index (χ3n) is 4.75. The molecule has 1 saturated heterocycles. The van der Waals surface area contributed by atoms with Crippen LogP contribution < -0.4 is 5.32 Å². The maximum atomic E-state index is 12.6. The van der Waals surface area contributed by atoms with Crippen LogP contribution in [-0.4, -0.2) is 27.4 Å². The summed E-state index contributed by atoms with van der Waals surface area (Å²) in [5, 5.41) is 8.92. The minimum atomic E-state index is -0.0485. The lowest BCUT2D eigenvalue weighted by atomic mass is 9.83. The second kappa shape index (κ2) is 6.20. The van der Waals surface area contributed by atoms with Crippen LogP contribution in [-0.2, 0) is 0 Å². The molecule has 2 aliphatic rings. The van der Waals surface area contributed by atoms with Gasteiger partial charge in [-0.3, -0.25) is 5.32 Å². The Morgan fingerprint density at radius 2 is 2.00 bits per heavy atom. The summed E-state index contributed by atoms with van der Waals surface area (Å²) in [5.41, 5.74) is 2.17. The summed E-state index contributed by atoms with van der Waals surface area (Å²) in [6, 6.07) is 0.0543. The molecule has 0 aromatic carbocycles. The van der Waals surface area contributed by atoms with Crippen LogP contribution in [0.25, 0.3) is 0 Å². The molecule has 23 heavy (non-hydrogen) atoms. The van der Waals surface area contributed by atoms with Crippen LogP contribution in [0.3, 0.4) is 0 Å². The summed E-state index contributed by atoms with van der Waals surface area (Å²) in [6.45, 7) is 2.79. The lowest BCUT2D eigenvalue weighted by molar-refractivity contribution is 0.206. The molecular formula is C16H20N4OS2. The van der Waals surface area contributed by atoms with E-state index in [2.05, 4.69) is 26.0 Å². The highest BCUT2D eigenvalue weighted by molar-refractivity contribution is 7.14. The molecule has 5 nitrogen and oxygen atoms in total. The van der Waals surface area contributed by atoms with Crippen LogP contribution in [0, 0.1) is 6.92 Å². The van der Waals surface area contributed by atoms with Gasteiger partial charge in [0, 0.05) is 23.2 Å². The zero-order valence-corrected chi connectivity index (χ0v) is 14.8. The number of aromatic nitrogens is 2. The maximum absolute atomic E-state index is 12.6. The summed E-state index contributed by atoms with van der Waals surface area (Å²) in [6.07, 6.45) is 5.77. The minimum absolute atomic E-state index is 0.0485. The number of nitrogens with one attached hydrogen (secondary N) is 1. The van der Waals surface area contributed by atoms with Crippen LogP contribution in [0.5, 0.6) is 0 Å². The molecule has 4 rings (SSSR count). The Labute approximate surface area is 143 Å². The van der Waals surface area contributed by atoms with Gasteiger partial charge in [0.2, 0.25) is 0 Å². The average molecular weight is 348 g/mol. The molecule has 122 valence electrons. The van der Waals surface area contributed by atoms with E-state index in [1.807, 2.05) is 11.8 Å². The quantitative estimate of drug-likeness (QED) is 0.885. The van der Waals surface area contributed by atoms with Gasteiger partial charge in [-0.25, -0.2) is 14.8 Å². The first kappa shape index (κ1) is 15.1. The molecule has 2 aromatic heterocycles. The van der Waals surface area contributed by atoms with E-state index in [4.69, 9.17) is 0 Å². The summed E-state index contributed by atoms with van der Waals surface area (Å²) in [5.74, 6) is 0.606. The molecule has 1 atom stereocenters. The first-order chi connectivity index (χ1) is 11.2. The maximum Gasteiger partial charge on any atom is 0.324 e. The highest BCUT2D eigenvalue weighted by Crippen LogP contribution is 2.38. The Kier molecular flexibility index (Phi) is 4.07. The van der Waals surface area contributed by atoms with Gasteiger partial charge in [0.25, 0.3) is 0 Å². The van der Waals surface area contributed by atoms with E-state index in [0.717, 1.165) is 40.9 Å². The van der Waals surface area contributed by atoms with Crippen molar-refractivity contribution in [2.45, 2.75) is 51.0 Å². The average Bonchev–Trinajstić information content (AvgIpc) is 3.16. The molecule has 2 amide bonds. The first-order valence-corrected chi connectivity index (χ1v) is 9.91. The highest BCUT2D eigenvalue weighted by Gasteiger charge is 2.32. The molecule has 1 N–H and O–H groups in total. The molecule has 0 radical (unpaired) electrons. The van der Waals surface area contributed by atoms with Crippen LogP contribution in [0.2, 0.25) is 0 Å². The molecular weight excluding hydrogens is 328 g/mol. The Bertz CT molecular complexity index is 707. The Balaban J connectivity index is 1.44. The van der Waals surface area contributed by atoms with Crippen LogP contribution in [0.4, 0.5) is 9.93 Å². The molecule has 3 heterocycles. The third-order valence-corrected chi connectivity index (χ3v) is 6.32. The van der Waals surface area contributed by atoms with Crippen molar-refractivity contribution in [3.63, 3.8) is 0 Å². The molecule has 1 aliphatic heterocycles. The number of anilines is 1. The second-order valence-corrected chi connectivity index (χ2v) is 8.20. The van der Waals surface area contributed by atoms with E-state index in [9.17, 15) is 4.79 Å². The van der Waals surface area contributed by atoms with E-state index in [1.165, 1.54) is 30.6 Å². The van der Waals surface area contributed by atoms with Crippen LogP contribution >= 0.6 is 22.7 Å². The van der Waals surface area contributed by atoms with Crippen molar-refractivity contribution < 1.29 is 4.79 Å². The number of urea groups is 1. The van der Waals surface area contributed by atoms with Gasteiger partial charge >= 0.3 is 6.03 Å². The summed E-state index contributed by atoms with van der Waals surface area (Å²) in [4.78, 5) is 23.7. The molecule has 7 heteroatoms. The number of nitrogens with zero attached hydrogens (tertiary/aromatic N) is 3. The molecule has 0 bridgehead atoms. The molecule has 0 spiro atoms. The molecule has 0 unspecified atom stereocenters.